The number of carbonyl (C=O) groups excluding carboxylic acids is 2. The van der Waals surface area contributed by atoms with Crippen molar-refractivity contribution >= 4 is 17.4 Å². The second kappa shape index (κ2) is 13.1. The molecule has 0 saturated heterocycles. The minimum absolute atomic E-state index is 0.114. The molecule has 2 aromatic carbocycles. The molecule has 7 nitrogen and oxygen atoms in total. The van der Waals surface area contributed by atoms with Crippen molar-refractivity contribution in [2.75, 3.05) is 46.9 Å². The van der Waals surface area contributed by atoms with E-state index in [1.54, 1.807) is 18.1 Å². The van der Waals surface area contributed by atoms with E-state index >= 15 is 0 Å². The molecule has 0 spiro atoms. The van der Waals surface area contributed by atoms with Gasteiger partial charge in [0.25, 0.3) is 5.91 Å². The largest absolute Gasteiger partial charge is 0.404 e. The van der Waals surface area contributed by atoms with Crippen LogP contribution >= 0.6 is 0 Å². The molecule has 1 heterocycles. The van der Waals surface area contributed by atoms with Crippen LogP contribution in [0.4, 0.5) is 0 Å². The fourth-order valence-corrected chi connectivity index (χ4v) is 4.67. The van der Waals surface area contributed by atoms with E-state index in [4.69, 9.17) is 10.5 Å². The topological polar surface area (TPSA) is 87.9 Å². The van der Waals surface area contributed by atoms with E-state index in [0.29, 0.717) is 25.3 Å². The maximum Gasteiger partial charge on any atom is 0.254 e. The number of rotatable bonds is 12. The monoisotopic (exact) mass is 478 g/mol. The predicted octanol–water partition coefficient (Wildman–Crippen LogP) is 3.09. The molecule has 2 aromatic rings. The first-order chi connectivity index (χ1) is 17.0. The summed E-state index contributed by atoms with van der Waals surface area (Å²) in [6.07, 6.45) is 3.79. The summed E-state index contributed by atoms with van der Waals surface area (Å²) in [5.41, 5.74) is 9.06. The van der Waals surface area contributed by atoms with Crippen molar-refractivity contribution in [2.45, 2.75) is 31.7 Å². The normalized spacial score (nSPS) is 18.0. The van der Waals surface area contributed by atoms with Gasteiger partial charge in [0.2, 0.25) is 5.91 Å². The van der Waals surface area contributed by atoms with Crippen LogP contribution in [0, 0.1) is 0 Å². The molecule has 3 N–H and O–H groups in total. The number of nitrogens with one attached hydrogen (secondary N) is 1. The number of fused-ring (bicyclic) bond motifs is 1. The van der Waals surface area contributed by atoms with E-state index in [1.807, 2.05) is 48.5 Å². The molecule has 0 aliphatic carbocycles. The number of hydrogen-bond donors (Lipinski definition) is 2. The third-order valence-corrected chi connectivity index (χ3v) is 6.55. The summed E-state index contributed by atoms with van der Waals surface area (Å²) in [5.74, 6) is -0.838. The highest BCUT2D eigenvalue weighted by atomic mass is 16.5. The van der Waals surface area contributed by atoms with Crippen molar-refractivity contribution in [1.29, 1.82) is 0 Å². The van der Waals surface area contributed by atoms with E-state index in [1.165, 1.54) is 6.20 Å². The molecule has 1 aliphatic heterocycles. The third kappa shape index (κ3) is 6.29. The van der Waals surface area contributed by atoms with E-state index in [-0.39, 0.29) is 11.8 Å². The lowest BCUT2D eigenvalue weighted by Gasteiger charge is -2.42. The van der Waals surface area contributed by atoms with Crippen LogP contribution in [0.25, 0.3) is 5.57 Å². The number of nitrogens with two attached hydrogens (primary N) is 1. The van der Waals surface area contributed by atoms with Gasteiger partial charge in [0.05, 0.1) is 18.6 Å². The van der Waals surface area contributed by atoms with Crippen LogP contribution in [0.5, 0.6) is 0 Å². The summed E-state index contributed by atoms with van der Waals surface area (Å²) in [6, 6.07) is 16.5. The van der Waals surface area contributed by atoms with Gasteiger partial charge < -0.3 is 25.6 Å². The average Bonchev–Trinajstić information content (AvgIpc) is 2.88. The van der Waals surface area contributed by atoms with Gasteiger partial charge in [-0.25, -0.2) is 0 Å². The molecule has 0 fully saturated rings. The molecule has 7 heteroatoms. The Bertz CT molecular complexity index is 1010. The van der Waals surface area contributed by atoms with Gasteiger partial charge in [0, 0.05) is 32.3 Å². The molecular weight excluding hydrogens is 440 g/mol. The van der Waals surface area contributed by atoms with E-state index < -0.39 is 12.0 Å². The van der Waals surface area contributed by atoms with Gasteiger partial charge in [-0.3, -0.25) is 9.59 Å². The molecule has 0 aromatic heterocycles. The minimum atomic E-state index is -0.600. The first-order valence-corrected chi connectivity index (χ1v) is 12.4. The second-order valence-corrected chi connectivity index (χ2v) is 8.94. The number of unbranched alkanes of at least 4 members (excludes halogenated alkanes) is 1. The fraction of sp³-hybridized carbons (Fsp3) is 0.429. The van der Waals surface area contributed by atoms with Gasteiger partial charge in [-0.2, -0.15) is 0 Å². The zero-order valence-electron chi connectivity index (χ0n) is 21.1. The van der Waals surface area contributed by atoms with Crippen molar-refractivity contribution in [3.8, 4) is 0 Å². The average molecular weight is 479 g/mol. The number of ether oxygens (including phenoxy) is 1. The molecule has 0 radical (unpaired) electrons. The molecule has 0 bridgehead atoms. The smallest absolute Gasteiger partial charge is 0.254 e. The van der Waals surface area contributed by atoms with Gasteiger partial charge in [-0.15, -0.1) is 0 Å². The summed E-state index contributed by atoms with van der Waals surface area (Å²) in [7, 11) is 3.67. The van der Waals surface area contributed by atoms with Crippen LogP contribution in [0.3, 0.4) is 0 Å². The van der Waals surface area contributed by atoms with Crippen LogP contribution in [-0.4, -0.2) is 74.6 Å². The van der Waals surface area contributed by atoms with Gasteiger partial charge in [-0.05, 0) is 49.0 Å². The lowest BCUT2D eigenvalue weighted by molar-refractivity contribution is -0.123. The number of carbonyl (C=O) groups is 2. The van der Waals surface area contributed by atoms with E-state index in [9.17, 15) is 9.59 Å². The first-order valence-electron chi connectivity index (χ1n) is 12.4. The van der Waals surface area contributed by atoms with E-state index in [2.05, 4.69) is 24.2 Å². The van der Waals surface area contributed by atoms with Crippen LogP contribution in [0.2, 0.25) is 0 Å². The fourth-order valence-electron chi connectivity index (χ4n) is 4.67. The molecule has 0 saturated carbocycles. The lowest BCUT2D eigenvalue weighted by atomic mass is 9.77. The number of benzene rings is 2. The minimum Gasteiger partial charge on any atom is -0.404 e. The van der Waals surface area contributed by atoms with Gasteiger partial charge in [0.15, 0.2) is 0 Å². The number of hydrogen-bond acceptors (Lipinski definition) is 5. The van der Waals surface area contributed by atoms with Crippen molar-refractivity contribution in [1.82, 2.24) is 15.1 Å². The molecule has 1 aliphatic rings. The first kappa shape index (κ1) is 26.4. The van der Waals surface area contributed by atoms with Gasteiger partial charge in [0.1, 0.15) is 0 Å². The third-order valence-electron chi connectivity index (χ3n) is 6.55. The SMILES string of the molecule is CCCCN(C)CCNC(=O)C1c2ccccc2C(=O)N(CCOC)C1/C(=C/N)c1ccccc1. The summed E-state index contributed by atoms with van der Waals surface area (Å²) in [5, 5.41) is 3.13. The highest BCUT2D eigenvalue weighted by Crippen LogP contribution is 2.39. The molecule has 2 atom stereocenters. The summed E-state index contributed by atoms with van der Waals surface area (Å²) < 4.78 is 5.32. The Morgan fingerprint density at radius 2 is 1.86 bits per heavy atom. The quantitative estimate of drug-likeness (QED) is 0.490. The Labute approximate surface area is 208 Å². The second-order valence-electron chi connectivity index (χ2n) is 8.94. The molecule has 188 valence electrons. The van der Waals surface area contributed by atoms with Crippen LogP contribution in [0.15, 0.2) is 60.8 Å². The Kier molecular flexibility index (Phi) is 9.87. The van der Waals surface area contributed by atoms with Crippen LogP contribution in [-0.2, 0) is 9.53 Å². The maximum absolute atomic E-state index is 13.8. The molecule has 3 rings (SSSR count). The highest BCUT2D eigenvalue weighted by Gasteiger charge is 2.45. The van der Waals surface area contributed by atoms with E-state index in [0.717, 1.165) is 42.6 Å². The van der Waals surface area contributed by atoms with Crippen LogP contribution < -0.4 is 11.1 Å². The lowest BCUT2D eigenvalue weighted by Crippen LogP contribution is -2.54. The zero-order valence-corrected chi connectivity index (χ0v) is 21.1. The predicted molar refractivity (Wildman–Crippen MR) is 140 cm³/mol. The number of nitrogens with zero attached hydrogens (tertiary/aromatic N) is 2. The summed E-state index contributed by atoms with van der Waals surface area (Å²) in [6.45, 7) is 5.16. The molecule has 2 amide bonds. The standard InChI is InChI=1S/C28H38N4O3/c1-4-5-16-31(2)17-15-30-27(33)25-22-13-9-10-14-23(22)28(34)32(18-19-35-3)26(25)24(20-29)21-11-7-6-8-12-21/h6-14,20,25-26H,4-5,15-19,29H2,1-3H3,(H,30,33)/b24-20+. The van der Waals surface area contributed by atoms with Crippen molar-refractivity contribution in [3.63, 3.8) is 0 Å². The van der Waals surface area contributed by atoms with Crippen LogP contribution in [0.1, 0.15) is 47.2 Å². The molecular formula is C28H38N4O3. The molecule has 35 heavy (non-hydrogen) atoms. The van der Waals surface area contributed by atoms with Gasteiger partial charge >= 0.3 is 0 Å². The van der Waals surface area contributed by atoms with Gasteiger partial charge in [-0.1, -0.05) is 61.9 Å². The Balaban J connectivity index is 1.99. The Morgan fingerprint density at radius 3 is 2.54 bits per heavy atom. The Morgan fingerprint density at radius 1 is 1.14 bits per heavy atom. The summed E-state index contributed by atoms with van der Waals surface area (Å²) in [4.78, 5) is 31.4. The maximum atomic E-state index is 13.8. The van der Waals surface area contributed by atoms with Crippen molar-refractivity contribution in [2.24, 2.45) is 5.73 Å². The number of methoxy groups -OCH3 is 1. The zero-order chi connectivity index (χ0) is 25.2. The molecule has 2 unspecified atom stereocenters. The summed E-state index contributed by atoms with van der Waals surface area (Å²) >= 11 is 0. The number of amides is 2. The number of likely N-dealkylation sites (N-methyl/N-ethyl adjacent to an activating group) is 1. The van der Waals surface area contributed by atoms with Crippen molar-refractivity contribution in [3.05, 3.63) is 77.5 Å². The Hall–Kier alpha value is -3.16. The highest BCUT2D eigenvalue weighted by molar-refractivity contribution is 6.03. The van der Waals surface area contributed by atoms with Crippen molar-refractivity contribution < 1.29 is 14.3 Å².